The molecule has 34 heavy (non-hydrogen) atoms. The molecule has 182 valence electrons. The smallest absolute Gasteiger partial charge is 0.383 e. The van der Waals surface area contributed by atoms with Gasteiger partial charge in [0.1, 0.15) is 5.82 Å². The van der Waals surface area contributed by atoms with Gasteiger partial charge in [-0.05, 0) is 69.7 Å². The lowest BCUT2D eigenvalue weighted by molar-refractivity contribution is -0.137. The average molecular weight is 474 g/mol. The van der Waals surface area contributed by atoms with Crippen molar-refractivity contribution in [2.24, 2.45) is 5.92 Å². The number of alkyl halides is 3. The zero-order chi connectivity index (χ0) is 24.3. The van der Waals surface area contributed by atoms with E-state index in [9.17, 15) is 13.2 Å². The number of anilines is 2. The van der Waals surface area contributed by atoms with Gasteiger partial charge in [-0.3, -0.25) is 5.10 Å². The molecule has 2 heterocycles. The van der Waals surface area contributed by atoms with Crippen molar-refractivity contribution in [1.82, 2.24) is 25.5 Å². The molecule has 4 rings (SSSR count). The van der Waals surface area contributed by atoms with Crippen molar-refractivity contribution in [3.63, 3.8) is 0 Å². The van der Waals surface area contributed by atoms with Gasteiger partial charge >= 0.3 is 6.18 Å². The van der Waals surface area contributed by atoms with Crippen LogP contribution in [0.2, 0.25) is 0 Å². The summed E-state index contributed by atoms with van der Waals surface area (Å²) in [7, 11) is 0. The summed E-state index contributed by atoms with van der Waals surface area (Å²) in [5, 5.41) is 13.9. The number of hydrogen-bond donors (Lipinski definition) is 4. The fraction of sp³-hybridized carbons (Fsp3) is 0.458. The normalized spacial score (nSPS) is 18.7. The second-order valence-electron chi connectivity index (χ2n) is 8.98. The summed E-state index contributed by atoms with van der Waals surface area (Å²) >= 11 is 0. The molecule has 0 unspecified atom stereocenters. The van der Waals surface area contributed by atoms with Crippen LogP contribution in [-0.4, -0.2) is 32.8 Å². The Balaban J connectivity index is 1.25. The van der Waals surface area contributed by atoms with Crippen molar-refractivity contribution in [1.29, 1.82) is 0 Å². The minimum Gasteiger partial charge on any atom is -0.383 e. The first-order valence-electron chi connectivity index (χ1n) is 11.5. The van der Waals surface area contributed by atoms with Crippen molar-refractivity contribution in [3.05, 3.63) is 52.8 Å². The number of nitrogens with two attached hydrogens (primary N) is 1. The number of aryl methyl sites for hydroxylation is 1. The Bertz CT molecular complexity index is 1080. The fourth-order valence-corrected chi connectivity index (χ4v) is 4.34. The van der Waals surface area contributed by atoms with E-state index in [1.165, 1.54) is 12.1 Å². The molecule has 1 saturated carbocycles. The van der Waals surface area contributed by atoms with Crippen molar-refractivity contribution in [3.8, 4) is 11.3 Å². The summed E-state index contributed by atoms with van der Waals surface area (Å²) in [4.78, 5) is 8.85. The molecule has 3 aromatic rings. The number of aromatic amines is 1. The SMILES string of the molecule is Cc1nc(NC2CCC(CNCc3cn[nH]c3-c3ccc(C(F)(F)F)cc3)CC2)nc(N)c1C. The summed E-state index contributed by atoms with van der Waals surface area (Å²) in [5.74, 6) is 1.67. The summed E-state index contributed by atoms with van der Waals surface area (Å²) in [5.41, 5.74) is 9.46. The summed E-state index contributed by atoms with van der Waals surface area (Å²) < 4.78 is 38.5. The maximum atomic E-state index is 12.8. The minimum absolute atomic E-state index is 0.331. The largest absolute Gasteiger partial charge is 0.416 e. The third kappa shape index (κ3) is 5.67. The van der Waals surface area contributed by atoms with Crippen LogP contribution in [0.15, 0.2) is 30.5 Å². The highest BCUT2D eigenvalue weighted by Gasteiger charge is 2.30. The van der Waals surface area contributed by atoms with Crippen LogP contribution in [-0.2, 0) is 12.7 Å². The zero-order valence-corrected chi connectivity index (χ0v) is 19.3. The second kappa shape index (κ2) is 10.0. The van der Waals surface area contributed by atoms with Gasteiger partial charge in [-0.1, -0.05) is 12.1 Å². The fourth-order valence-electron chi connectivity index (χ4n) is 4.34. The van der Waals surface area contributed by atoms with Crippen LogP contribution < -0.4 is 16.4 Å². The molecule has 1 fully saturated rings. The Morgan fingerprint density at radius 2 is 1.76 bits per heavy atom. The molecule has 0 atom stereocenters. The first-order valence-corrected chi connectivity index (χ1v) is 11.5. The van der Waals surface area contributed by atoms with E-state index in [-0.39, 0.29) is 0 Å². The molecule has 0 amide bonds. The molecule has 1 aromatic carbocycles. The van der Waals surface area contributed by atoms with E-state index in [4.69, 9.17) is 5.73 Å². The first-order chi connectivity index (χ1) is 16.2. The Hall–Kier alpha value is -3.14. The van der Waals surface area contributed by atoms with Gasteiger partial charge in [0, 0.05) is 29.4 Å². The number of nitrogens with zero attached hydrogens (tertiary/aromatic N) is 3. The van der Waals surface area contributed by atoms with E-state index in [1.807, 2.05) is 13.8 Å². The van der Waals surface area contributed by atoms with E-state index in [2.05, 4.69) is 30.8 Å². The van der Waals surface area contributed by atoms with Crippen LogP contribution in [0.5, 0.6) is 0 Å². The van der Waals surface area contributed by atoms with E-state index in [0.717, 1.165) is 66.9 Å². The van der Waals surface area contributed by atoms with Crippen LogP contribution in [0.1, 0.15) is 48.1 Å². The third-order valence-electron chi connectivity index (χ3n) is 6.57. The first kappa shape index (κ1) is 24.0. The number of H-pyrrole nitrogens is 1. The standard InChI is InChI=1S/C24H30F3N7/c1-14-15(2)31-23(33-22(14)28)32-20-9-3-16(4-10-20)11-29-12-18-13-30-34-21(18)17-5-7-19(8-6-17)24(25,26)27/h5-8,13,16,20,29H,3-4,9-12H2,1-2H3,(H,30,34)(H3,28,31,32,33). The van der Waals surface area contributed by atoms with Crippen LogP contribution in [0.3, 0.4) is 0 Å². The molecule has 0 bridgehead atoms. The lowest BCUT2D eigenvalue weighted by Crippen LogP contribution is -2.31. The van der Waals surface area contributed by atoms with Crippen molar-refractivity contribution in [2.75, 3.05) is 17.6 Å². The molecule has 1 aliphatic carbocycles. The van der Waals surface area contributed by atoms with Crippen LogP contribution >= 0.6 is 0 Å². The average Bonchev–Trinajstić information content (AvgIpc) is 3.27. The van der Waals surface area contributed by atoms with Crippen LogP contribution in [0.25, 0.3) is 11.3 Å². The van der Waals surface area contributed by atoms with Gasteiger partial charge in [0.2, 0.25) is 5.95 Å². The number of hydrogen-bond acceptors (Lipinski definition) is 6. The van der Waals surface area contributed by atoms with Gasteiger partial charge in [0.05, 0.1) is 17.5 Å². The number of halogens is 3. The third-order valence-corrected chi connectivity index (χ3v) is 6.57. The number of aromatic nitrogens is 4. The molecular formula is C24H30F3N7. The van der Waals surface area contributed by atoms with Gasteiger partial charge < -0.3 is 16.4 Å². The maximum absolute atomic E-state index is 12.8. The maximum Gasteiger partial charge on any atom is 0.416 e. The highest BCUT2D eigenvalue weighted by atomic mass is 19.4. The topological polar surface area (TPSA) is 105 Å². The van der Waals surface area contributed by atoms with Crippen molar-refractivity contribution in [2.45, 2.75) is 58.3 Å². The van der Waals surface area contributed by atoms with E-state index >= 15 is 0 Å². The molecule has 0 aliphatic heterocycles. The minimum atomic E-state index is -4.34. The summed E-state index contributed by atoms with van der Waals surface area (Å²) in [6.45, 7) is 5.32. The number of nitrogen functional groups attached to an aromatic ring is 1. The highest BCUT2D eigenvalue weighted by Crippen LogP contribution is 2.31. The summed E-state index contributed by atoms with van der Waals surface area (Å²) in [6.07, 6.45) is 1.61. The predicted molar refractivity (Wildman–Crippen MR) is 126 cm³/mol. The van der Waals surface area contributed by atoms with E-state index < -0.39 is 11.7 Å². The molecule has 10 heteroatoms. The molecule has 0 spiro atoms. The van der Waals surface area contributed by atoms with E-state index in [1.54, 1.807) is 6.20 Å². The van der Waals surface area contributed by atoms with Gasteiger partial charge in [0.25, 0.3) is 0 Å². The van der Waals surface area contributed by atoms with Gasteiger partial charge in [-0.2, -0.15) is 23.3 Å². The Kier molecular flexibility index (Phi) is 7.06. The Morgan fingerprint density at radius 3 is 2.41 bits per heavy atom. The molecule has 7 nitrogen and oxygen atoms in total. The Morgan fingerprint density at radius 1 is 1.06 bits per heavy atom. The number of benzene rings is 1. The molecule has 2 aromatic heterocycles. The molecule has 5 N–H and O–H groups in total. The molecular weight excluding hydrogens is 443 g/mol. The van der Waals surface area contributed by atoms with Gasteiger partial charge in [0.15, 0.2) is 0 Å². The van der Waals surface area contributed by atoms with Crippen LogP contribution in [0.4, 0.5) is 24.9 Å². The lowest BCUT2D eigenvalue weighted by Gasteiger charge is -2.29. The zero-order valence-electron chi connectivity index (χ0n) is 19.3. The van der Waals surface area contributed by atoms with E-state index in [0.29, 0.717) is 35.8 Å². The molecule has 0 saturated heterocycles. The monoisotopic (exact) mass is 473 g/mol. The van der Waals surface area contributed by atoms with Crippen molar-refractivity contribution >= 4 is 11.8 Å². The van der Waals surface area contributed by atoms with Crippen molar-refractivity contribution < 1.29 is 13.2 Å². The van der Waals surface area contributed by atoms with Gasteiger partial charge in [-0.25, -0.2) is 4.98 Å². The summed E-state index contributed by atoms with van der Waals surface area (Å²) in [6, 6.07) is 5.47. The molecule has 1 aliphatic rings. The Labute approximate surface area is 196 Å². The lowest BCUT2D eigenvalue weighted by atomic mass is 9.86. The quantitative estimate of drug-likeness (QED) is 0.391. The highest BCUT2D eigenvalue weighted by molar-refractivity contribution is 5.63. The number of nitrogens with one attached hydrogen (secondary N) is 3. The number of rotatable bonds is 7. The molecule has 0 radical (unpaired) electrons. The predicted octanol–water partition coefficient (Wildman–Crippen LogP) is 4.85. The van der Waals surface area contributed by atoms with Gasteiger partial charge in [-0.15, -0.1) is 0 Å². The van der Waals surface area contributed by atoms with Crippen LogP contribution in [0, 0.1) is 19.8 Å². The second-order valence-corrected chi connectivity index (χ2v) is 8.98.